The smallest absolute Gasteiger partial charge is 0.335 e. The van der Waals surface area contributed by atoms with Crippen LogP contribution in [0.1, 0.15) is 56.1 Å². The number of carbonyl (C=O) groups excluding carboxylic acids is 2. The van der Waals surface area contributed by atoms with E-state index in [1.165, 1.54) is 34.4 Å². The minimum atomic E-state index is -4.60. The summed E-state index contributed by atoms with van der Waals surface area (Å²) in [6.45, 7) is 6.73. The highest BCUT2D eigenvalue weighted by molar-refractivity contribution is 7.13. The molecule has 0 saturated carbocycles. The summed E-state index contributed by atoms with van der Waals surface area (Å²) in [7, 11) is 0. The third-order valence-corrected chi connectivity index (χ3v) is 6.26. The lowest BCUT2D eigenvalue weighted by Gasteiger charge is -2.35. The Morgan fingerprint density at radius 3 is 2.10 bits per heavy atom. The van der Waals surface area contributed by atoms with Crippen molar-refractivity contribution in [1.29, 1.82) is 0 Å². The van der Waals surface area contributed by atoms with Gasteiger partial charge in [0.1, 0.15) is 4.88 Å². The van der Waals surface area contributed by atoms with Crippen molar-refractivity contribution in [2.24, 2.45) is 0 Å². The van der Waals surface area contributed by atoms with Gasteiger partial charge >= 0.3 is 6.18 Å². The molecule has 1 saturated heterocycles. The van der Waals surface area contributed by atoms with Crippen LogP contribution in [0.15, 0.2) is 24.3 Å². The van der Waals surface area contributed by atoms with Crippen LogP contribution in [0.4, 0.5) is 13.2 Å². The Morgan fingerprint density at radius 2 is 1.59 bits per heavy atom. The number of amides is 2. The SMILES string of the molecule is Cc1nc(C(C)C)sc1C(=O)N1CCN(C(=O)c2ccccc2C(F)(F)F)CC1. The molecule has 0 bridgehead atoms. The lowest BCUT2D eigenvalue weighted by molar-refractivity contribution is -0.138. The Bertz CT molecular complexity index is 916. The Balaban J connectivity index is 1.70. The number of nitrogens with zero attached hydrogens (tertiary/aromatic N) is 3. The second-order valence-corrected chi connectivity index (χ2v) is 8.28. The number of piperazine rings is 1. The monoisotopic (exact) mass is 425 g/mol. The van der Waals surface area contributed by atoms with Crippen molar-refractivity contribution in [2.45, 2.75) is 32.9 Å². The molecule has 2 heterocycles. The second kappa shape index (κ2) is 8.14. The number of carbonyl (C=O) groups is 2. The number of hydrogen-bond acceptors (Lipinski definition) is 4. The van der Waals surface area contributed by atoms with Gasteiger partial charge in [-0.3, -0.25) is 9.59 Å². The zero-order chi connectivity index (χ0) is 21.3. The van der Waals surface area contributed by atoms with E-state index in [0.717, 1.165) is 11.1 Å². The molecule has 0 spiro atoms. The molecule has 5 nitrogen and oxygen atoms in total. The average Bonchev–Trinajstić information content (AvgIpc) is 3.08. The van der Waals surface area contributed by atoms with Gasteiger partial charge < -0.3 is 9.80 Å². The number of aryl methyl sites for hydroxylation is 1. The maximum Gasteiger partial charge on any atom is 0.417 e. The van der Waals surface area contributed by atoms with Gasteiger partial charge in [-0.1, -0.05) is 26.0 Å². The fourth-order valence-corrected chi connectivity index (χ4v) is 4.24. The minimum absolute atomic E-state index is 0.144. The van der Waals surface area contributed by atoms with Crippen LogP contribution in [0.5, 0.6) is 0 Å². The Labute approximate surface area is 171 Å². The highest BCUT2D eigenvalue weighted by Crippen LogP contribution is 2.32. The number of halogens is 3. The van der Waals surface area contributed by atoms with Gasteiger partial charge in [0, 0.05) is 32.1 Å². The predicted octanol–water partition coefficient (Wildman–Crippen LogP) is 4.19. The molecule has 2 aromatic rings. The van der Waals surface area contributed by atoms with E-state index in [1.807, 2.05) is 13.8 Å². The van der Waals surface area contributed by atoms with Crippen LogP contribution in [0, 0.1) is 6.92 Å². The van der Waals surface area contributed by atoms with Crippen molar-refractivity contribution in [1.82, 2.24) is 14.8 Å². The first-order valence-corrected chi connectivity index (χ1v) is 10.1. The predicted molar refractivity (Wildman–Crippen MR) is 104 cm³/mol. The maximum absolute atomic E-state index is 13.2. The number of thiazole rings is 1. The average molecular weight is 425 g/mol. The van der Waals surface area contributed by atoms with Crippen molar-refractivity contribution >= 4 is 23.2 Å². The Kier molecular flexibility index (Phi) is 5.97. The number of alkyl halides is 3. The van der Waals surface area contributed by atoms with E-state index in [4.69, 9.17) is 0 Å². The van der Waals surface area contributed by atoms with E-state index in [2.05, 4.69) is 4.98 Å². The molecular weight excluding hydrogens is 403 g/mol. The van der Waals surface area contributed by atoms with E-state index >= 15 is 0 Å². The van der Waals surface area contributed by atoms with Gasteiger partial charge in [-0.05, 0) is 19.1 Å². The molecule has 0 radical (unpaired) electrons. The van der Waals surface area contributed by atoms with E-state index in [9.17, 15) is 22.8 Å². The molecule has 0 N–H and O–H groups in total. The van der Waals surface area contributed by atoms with Crippen LogP contribution in [0.25, 0.3) is 0 Å². The van der Waals surface area contributed by atoms with Crippen molar-refractivity contribution in [3.63, 3.8) is 0 Å². The van der Waals surface area contributed by atoms with Crippen molar-refractivity contribution in [3.8, 4) is 0 Å². The van der Waals surface area contributed by atoms with Gasteiger partial charge in [0.2, 0.25) is 0 Å². The summed E-state index contributed by atoms with van der Waals surface area (Å²) in [5, 5.41) is 0.892. The third-order valence-electron chi connectivity index (χ3n) is 4.82. The van der Waals surface area contributed by atoms with E-state index in [1.54, 1.807) is 11.8 Å². The second-order valence-electron chi connectivity index (χ2n) is 7.25. The first-order chi connectivity index (χ1) is 13.6. The normalized spacial score (nSPS) is 15.1. The summed E-state index contributed by atoms with van der Waals surface area (Å²) in [4.78, 5) is 33.5. The molecule has 0 aliphatic carbocycles. The van der Waals surface area contributed by atoms with Crippen molar-refractivity contribution < 1.29 is 22.8 Å². The van der Waals surface area contributed by atoms with Crippen molar-refractivity contribution in [2.75, 3.05) is 26.2 Å². The molecule has 0 atom stereocenters. The molecule has 1 fully saturated rings. The molecule has 1 aromatic carbocycles. The van der Waals surface area contributed by atoms with Gasteiger partial charge in [-0.15, -0.1) is 11.3 Å². The van der Waals surface area contributed by atoms with Gasteiger partial charge in [-0.25, -0.2) is 4.98 Å². The lowest BCUT2D eigenvalue weighted by Crippen LogP contribution is -2.50. The highest BCUT2D eigenvalue weighted by atomic mass is 32.1. The molecule has 1 aromatic heterocycles. The maximum atomic E-state index is 13.2. The van der Waals surface area contributed by atoms with Gasteiger partial charge in [0.25, 0.3) is 11.8 Å². The summed E-state index contributed by atoms with van der Waals surface area (Å²) >= 11 is 1.37. The van der Waals surface area contributed by atoms with Crippen LogP contribution in [0.3, 0.4) is 0 Å². The standard InChI is InChI=1S/C20H22F3N3O2S/c1-12(2)17-24-13(3)16(29-17)19(28)26-10-8-25(9-11-26)18(27)14-6-4-5-7-15(14)20(21,22)23/h4-7,12H,8-11H2,1-3H3. The molecule has 2 amide bonds. The number of benzene rings is 1. The number of rotatable bonds is 3. The van der Waals surface area contributed by atoms with Crippen LogP contribution in [-0.4, -0.2) is 52.8 Å². The van der Waals surface area contributed by atoms with E-state index in [0.29, 0.717) is 10.6 Å². The molecule has 29 heavy (non-hydrogen) atoms. The zero-order valence-corrected chi connectivity index (χ0v) is 17.2. The summed E-state index contributed by atoms with van der Waals surface area (Å²) in [5.41, 5.74) is -0.619. The van der Waals surface area contributed by atoms with E-state index in [-0.39, 0.29) is 43.6 Å². The molecule has 0 unspecified atom stereocenters. The number of aromatic nitrogens is 1. The Morgan fingerprint density at radius 1 is 1.03 bits per heavy atom. The highest BCUT2D eigenvalue weighted by Gasteiger charge is 2.36. The number of hydrogen-bond donors (Lipinski definition) is 0. The van der Waals surface area contributed by atoms with Crippen LogP contribution >= 0.6 is 11.3 Å². The molecule has 3 rings (SSSR count). The van der Waals surface area contributed by atoms with Crippen LogP contribution in [-0.2, 0) is 6.18 Å². The largest absolute Gasteiger partial charge is 0.417 e. The molecule has 9 heteroatoms. The summed E-state index contributed by atoms with van der Waals surface area (Å²) in [6.07, 6.45) is -4.60. The van der Waals surface area contributed by atoms with Gasteiger partial charge in [0.15, 0.2) is 0 Å². The molecular formula is C20H22F3N3O2S. The zero-order valence-electron chi connectivity index (χ0n) is 16.4. The van der Waals surface area contributed by atoms with Gasteiger partial charge in [0.05, 0.1) is 21.8 Å². The molecule has 1 aliphatic rings. The molecule has 1 aliphatic heterocycles. The van der Waals surface area contributed by atoms with Crippen molar-refractivity contribution in [3.05, 3.63) is 51.0 Å². The summed E-state index contributed by atoms with van der Waals surface area (Å²) in [6, 6.07) is 4.78. The topological polar surface area (TPSA) is 53.5 Å². The first kappa shape index (κ1) is 21.3. The Hall–Kier alpha value is -2.42. The fraction of sp³-hybridized carbons (Fsp3) is 0.450. The summed E-state index contributed by atoms with van der Waals surface area (Å²) in [5.74, 6) is -0.584. The fourth-order valence-electron chi connectivity index (χ4n) is 3.21. The third kappa shape index (κ3) is 4.44. The first-order valence-electron chi connectivity index (χ1n) is 9.31. The minimum Gasteiger partial charge on any atom is -0.335 e. The summed E-state index contributed by atoms with van der Waals surface area (Å²) < 4.78 is 39.6. The van der Waals surface area contributed by atoms with Gasteiger partial charge in [-0.2, -0.15) is 13.2 Å². The lowest BCUT2D eigenvalue weighted by atomic mass is 10.1. The molecule has 156 valence electrons. The van der Waals surface area contributed by atoms with Crippen LogP contribution in [0.2, 0.25) is 0 Å². The van der Waals surface area contributed by atoms with E-state index < -0.39 is 17.6 Å². The van der Waals surface area contributed by atoms with Crippen LogP contribution < -0.4 is 0 Å². The quantitative estimate of drug-likeness (QED) is 0.741.